The largest absolute Gasteiger partial charge is 0.381 e. The lowest BCUT2D eigenvalue weighted by molar-refractivity contribution is 0.508. The molecule has 0 amide bonds. The van der Waals surface area contributed by atoms with Crippen LogP contribution >= 0.6 is 0 Å². The molecule has 6 heteroatoms. The van der Waals surface area contributed by atoms with Crippen molar-refractivity contribution in [3.63, 3.8) is 0 Å². The monoisotopic (exact) mass is 248 g/mol. The molecule has 0 atom stereocenters. The van der Waals surface area contributed by atoms with Gasteiger partial charge in [-0.3, -0.25) is 4.68 Å². The third-order valence-electron chi connectivity index (χ3n) is 2.42. The molecule has 0 saturated carbocycles. The second-order valence-corrected chi connectivity index (χ2v) is 3.60. The number of nitriles is 1. The fourth-order valence-electron chi connectivity index (χ4n) is 1.51. The number of halogens is 2. The van der Waals surface area contributed by atoms with Gasteiger partial charge in [0, 0.05) is 18.9 Å². The van der Waals surface area contributed by atoms with Crippen molar-refractivity contribution in [3.05, 3.63) is 47.8 Å². The van der Waals surface area contributed by atoms with Gasteiger partial charge in [-0.05, 0) is 18.2 Å². The zero-order chi connectivity index (χ0) is 13.0. The van der Waals surface area contributed by atoms with E-state index in [0.717, 1.165) is 0 Å². The third kappa shape index (κ3) is 2.46. The normalized spacial score (nSPS) is 10.1. The molecule has 0 radical (unpaired) electrons. The number of rotatable bonds is 4. The Bertz CT molecular complexity index is 573. The lowest BCUT2D eigenvalue weighted by atomic mass is 10.2. The van der Waals surface area contributed by atoms with Crippen LogP contribution in [0.5, 0.6) is 0 Å². The Labute approximate surface area is 102 Å². The highest BCUT2D eigenvalue weighted by atomic mass is 19.2. The van der Waals surface area contributed by atoms with E-state index in [-0.39, 0.29) is 11.3 Å². The van der Waals surface area contributed by atoms with Gasteiger partial charge in [-0.25, -0.2) is 8.78 Å². The molecule has 1 aromatic heterocycles. The number of anilines is 1. The van der Waals surface area contributed by atoms with Gasteiger partial charge in [-0.15, -0.1) is 0 Å². The highest BCUT2D eigenvalue weighted by molar-refractivity contribution is 5.49. The van der Waals surface area contributed by atoms with E-state index in [2.05, 4.69) is 10.4 Å². The van der Waals surface area contributed by atoms with Crippen LogP contribution in [0.15, 0.2) is 30.6 Å². The average Bonchev–Trinajstić information content (AvgIpc) is 2.88. The van der Waals surface area contributed by atoms with Crippen LogP contribution < -0.4 is 5.32 Å². The molecule has 4 nitrogen and oxygen atoms in total. The van der Waals surface area contributed by atoms with Gasteiger partial charge in [-0.2, -0.15) is 10.4 Å². The summed E-state index contributed by atoms with van der Waals surface area (Å²) in [7, 11) is 0. The Kier molecular flexibility index (Phi) is 3.53. The van der Waals surface area contributed by atoms with Gasteiger partial charge in [0.2, 0.25) is 0 Å². The zero-order valence-electron chi connectivity index (χ0n) is 9.40. The fraction of sp³-hybridized carbons (Fsp3) is 0.167. The second-order valence-electron chi connectivity index (χ2n) is 3.60. The molecule has 18 heavy (non-hydrogen) atoms. The molecule has 0 saturated heterocycles. The molecule has 92 valence electrons. The third-order valence-corrected chi connectivity index (χ3v) is 2.42. The molecule has 2 aromatic rings. The number of nitrogens with zero attached hydrogens (tertiary/aromatic N) is 3. The first kappa shape index (κ1) is 12.0. The van der Waals surface area contributed by atoms with Crippen LogP contribution in [-0.2, 0) is 6.54 Å². The number of nitrogens with one attached hydrogen (secondary N) is 1. The average molecular weight is 248 g/mol. The highest BCUT2D eigenvalue weighted by Gasteiger charge is 2.12. The van der Waals surface area contributed by atoms with Gasteiger partial charge in [0.1, 0.15) is 6.07 Å². The van der Waals surface area contributed by atoms with Crippen LogP contribution in [0.2, 0.25) is 0 Å². The summed E-state index contributed by atoms with van der Waals surface area (Å²) in [4.78, 5) is 0. The number of benzene rings is 1. The van der Waals surface area contributed by atoms with Crippen molar-refractivity contribution in [1.29, 1.82) is 5.26 Å². The molecule has 0 unspecified atom stereocenters. The van der Waals surface area contributed by atoms with Crippen molar-refractivity contribution in [3.8, 4) is 6.07 Å². The molecule has 1 N–H and O–H groups in total. The quantitative estimate of drug-likeness (QED) is 0.901. The first-order chi connectivity index (χ1) is 8.72. The minimum atomic E-state index is -1.12. The maximum absolute atomic E-state index is 13.5. The number of hydrogen-bond donors (Lipinski definition) is 1. The van der Waals surface area contributed by atoms with E-state index in [1.54, 1.807) is 29.2 Å². The SMILES string of the molecule is N#Cc1ccc(NCCn2cccn2)c(F)c1F. The summed E-state index contributed by atoms with van der Waals surface area (Å²) in [5, 5.41) is 15.3. The molecule has 0 aliphatic rings. The fourth-order valence-corrected chi connectivity index (χ4v) is 1.51. The maximum Gasteiger partial charge on any atom is 0.183 e. The van der Waals surface area contributed by atoms with Crippen molar-refractivity contribution >= 4 is 5.69 Å². The van der Waals surface area contributed by atoms with E-state index in [1.807, 2.05) is 0 Å². The first-order valence-electron chi connectivity index (χ1n) is 5.32. The standard InChI is InChI=1S/C12H10F2N4/c13-11-9(8-15)2-3-10(12(11)14)16-5-7-18-6-1-4-17-18/h1-4,6,16H,5,7H2. The number of aromatic nitrogens is 2. The Hall–Kier alpha value is -2.42. The summed E-state index contributed by atoms with van der Waals surface area (Å²) in [6.45, 7) is 0.942. The zero-order valence-corrected chi connectivity index (χ0v) is 9.40. The van der Waals surface area contributed by atoms with E-state index in [1.165, 1.54) is 12.1 Å². The topological polar surface area (TPSA) is 53.6 Å². The Balaban J connectivity index is 2.02. The van der Waals surface area contributed by atoms with Crippen molar-refractivity contribution in [2.24, 2.45) is 0 Å². The van der Waals surface area contributed by atoms with Crippen molar-refractivity contribution in [1.82, 2.24) is 9.78 Å². The summed E-state index contributed by atoms with van der Waals surface area (Å²) in [5.41, 5.74) is -0.260. The Morgan fingerprint density at radius 1 is 1.33 bits per heavy atom. The molecular weight excluding hydrogens is 238 g/mol. The van der Waals surface area contributed by atoms with Gasteiger partial charge in [0.15, 0.2) is 11.6 Å². The smallest absolute Gasteiger partial charge is 0.183 e. The predicted octanol–water partition coefficient (Wildman–Crippen LogP) is 2.15. The van der Waals surface area contributed by atoms with Gasteiger partial charge >= 0.3 is 0 Å². The van der Waals surface area contributed by atoms with E-state index in [4.69, 9.17) is 5.26 Å². The number of hydrogen-bond acceptors (Lipinski definition) is 3. The highest BCUT2D eigenvalue weighted by Crippen LogP contribution is 2.19. The minimum Gasteiger partial charge on any atom is -0.381 e. The lowest BCUT2D eigenvalue weighted by Gasteiger charge is -2.08. The van der Waals surface area contributed by atoms with Crippen LogP contribution in [0.1, 0.15) is 5.56 Å². The Morgan fingerprint density at radius 3 is 2.83 bits per heavy atom. The molecule has 2 rings (SSSR count). The molecule has 0 aliphatic carbocycles. The Morgan fingerprint density at radius 2 is 2.17 bits per heavy atom. The van der Waals surface area contributed by atoms with E-state index in [9.17, 15) is 8.78 Å². The van der Waals surface area contributed by atoms with Crippen LogP contribution in [-0.4, -0.2) is 16.3 Å². The second kappa shape index (κ2) is 5.27. The van der Waals surface area contributed by atoms with Crippen LogP contribution in [0, 0.1) is 23.0 Å². The van der Waals surface area contributed by atoms with Crippen molar-refractivity contribution in [2.45, 2.75) is 6.54 Å². The lowest BCUT2D eigenvalue weighted by Crippen LogP contribution is -2.12. The molecule has 0 spiro atoms. The predicted molar refractivity (Wildman–Crippen MR) is 61.8 cm³/mol. The molecule has 0 aliphatic heterocycles. The molecule has 0 bridgehead atoms. The van der Waals surface area contributed by atoms with Crippen LogP contribution in [0.25, 0.3) is 0 Å². The first-order valence-corrected chi connectivity index (χ1v) is 5.32. The van der Waals surface area contributed by atoms with Gasteiger partial charge in [0.25, 0.3) is 0 Å². The molecule has 0 fully saturated rings. The van der Waals surface area contributed by atoms with Gasteiger partial charge in [-0.1, -0.05) is 0 Å². The van der Waals surface area contributed by atoms with E-state index in [0.29, 0.717) is 13.1 Å². The van der Waals surface area contributed by atoms with Gasteiger partial charge in [0.05, 0.1) is 17.8 Å². The summed E-state index contributed by atoms with van der Waals surface area (Å²) in [6, 6.07) is 5.96. The molecular formula is C12H10F2N4. The summed E-state index contributed by atoms with van der Waals surface area (Å²) < 4.78 is 28.5. The van der Waals surface area contributed by atoms with Crippen LogP contribution in [0.3, 0.4) is 0 Å². The minimum absolute atomic E-state index is 0.0404. The summed E-state index contributed by atoms with van der Waals surface area (Å²) in [5.74, 6) is -2.16. The molecule has 1 aromatic carbocycles. The maximum atomic E-state index is 13.5. The molecule has 1 heterocycles. The van der Waals surface area contributed by atoms with Crippen LogP contribution in [0.4, 0.5) is 14.5 Å². The van der Waals surface area contributed by atoms with E-state index < -0.39 is 11.6 Å². The summed E-state index contributed by atoms with van der Waals surface area (Å²) in [6.07, 6.45) is 3.42. The van der Waals surface area contributed by atoms with Crippen molar-refractivity contribution in [2.75, 3.05) is 11.9 Å². The summed E-state index contributed by atoms with van der Waals surface area (Å²) >= 11 is 0. The van der Waals surface area contributed by atoms with E-state index >= 15 is 0 Å². The van der Waals surface area contributed by atoms with Crippen molar-refractivity contribution < 1.29 is 8.78 Å². The van der Waals surface area contributed by atoms with Gasteiger partial charge < -0.3 is 5.32 Å².